The largest absolute Gasteiger partial charge is 0.370 e. The van der Waals surface area contributed by atoms with Crippen molar-refractivity contribution in [2.75, 3.05) is 19.6 Å². The molecule has 0 saturated heterocycles. The minimum absolute atomic E-state index is 0.0540. The summed E-state index contributed by atoms with van der Waals surface area (Å²) in [6.45, 7) is 7.25. The highest BCUT2D eigenvalue weighted by molar-refractivity contribution is 5.97. The van der Waals surface area contributed by atoms with Crippen molar-refractivity contribution < 1.29 is 9.59 Å². The summed E-state index contributed by atoms with van der Waals surface area (Å²) in [5.74, 6) is 0.107. The Morgan fingerprint density at radius 2 is 1.65 bits per heavy atom. The maximum atomic E-state index is 12.2. The summed E-state index contributed by atoms with van der Waals surface area (Å²) in [5.41, 5.74) is 8.78. The van der Waals surface area contributed by atoms with Crippen molar-refractivity contribution in [3.63, 3.8) is 0 Å². The van der Waals surface area contributed by atoms with E-state index in [1.165, 1.54) is 30.4 Å². The van der Waals surface area contributed by atoms with E-state index in [4.69, 9.17) is 5.73 Å². The van der Waals surface area contributed by atoms with E-state index < -0.39 is 0 Å². The van der Waals surface area contributed by atoms with Crippen LogP contribution in [-0.4, -0.2) is 36.2 Å². The molecule has 0 aromatic heterocycles. The predicted octanol–water partition coefficient (Wildman–Crippen LogP) is 3.75. The van der Waals surface area contributed by atoms with Gasteiger partial charge in [0, 0.05) is 31.0 Å². The van der Waals surface area contributed by atoms with Crippen LogP contribution in [-0.2, 0) is 17.6 Å². The standard InChI is InChI=1S/C22H34N2O2/c1-17(2)22(26)20-10-9-18-11-14-24(15-12-19(18)16-20)13-7-5-3-4-6-8-21(23)25/h9-10,16-17H,3-8,11-15H2,1-2H3,(H2,23,25). The number of nitrogens with zero attached hydrogens (tertiary/aromatic N) is 1. The Morgan fingerprint density at radius 1 is 1.00 bits per heavy atom. The third kappa shape index (κ3) is 6.56. The Bertz CT molecular complexity index is 610. The first-order valence-corrected chi connectivity index (χ1v) is 10.1. The predicted molar refractivity (Wildman–Crippen MR) is 106 cm³/mol. The molecule has 1 aliphatic heterocycles. The number of primary amides is 1. The Morgan fingerprint density at radius 3 is 2.35 bits per heavy atom. The molecule has 1 aliphatic rings. The number of Topliss-reactive ketones (excluding diaryl/α,β-unsaturated/α-hetero) is 1. The van der Waals surface area contributed by atoms with Crippen molar-refractivity contribution in [2.45, 2.75) is 65.2 Å². The Labute approximate surface area is 158 Å². The van der Waals surface area contributed by atoms with Crippen molar-refractivity contribution in [3.05, 3.63) is 34.9 Å². The summed E-state index contributed by atoms with van der Waals surface area (Å²) in [4.78, 5) is 25.5. The Balaban J connectivity index is 1.74. The first-order chi connectivity index (χ1) is 12.5. The highest BCUT2D eigenvalue weighted by Gasteiger charge is 2.17. The number of ketones is 1. The highest BCUT2D eigenvalue weighted by Crippen LogP contribution is 2.20. The number of hydrogen-bond acceptors (Lipinski definition) is 3. The molecule has 0 saturated carbocycles. The van der Waals surface area contributed by atoms with Gasteiger partial charge in [-0.2, -0.15) is 0 Å². The number of carbonyl (C=O) groups excluding carboxylic acids is 2. The maximum absolute atomic E-state index is 12.2. The topological polar surface area (TPSA) is 63.4 Å². The molecule has 1 amide bonds. The van der Waals surface area contributed by atoms with E-state index in [1.54, 1.807) is 0 Å². The van der Waals surface area contributed by atoms with Crippen LogP contribution in [0.5, 0.6) is 0 Å². The molecule has 1 aromatic carbocycles. The fourth-order valence-corrected chi connectivity index (χ4v) is 3.65. The minimum Gasteiger partial charge on any atom is -0.370 e. The first kappa shape index (κ1) is 20.6. The second kappa shape index (κ2) is 10.5. The van der Waals surface area contributed by atoms with Crippen LogP contribution in [0.25, 0.3) is 0 Å². The maximum Gasteiger partial charge on any atom is 0.217 e. The lowest BCUT2D eigenvalue weighted by Gasteiger charge is -2.19. The van der Waals surface area contributed by atoms with Gasteiger partial charge in [-0.1, -0.05) is 45.2 Å². The van der Waals surface area contributed by atoms with Gasteiger partial charge in [-0.15, -0.1) is 0 Å². The number of hydrogen-bond donors (Lipinski definition) is 1. The number of nitrogens with two attached hydrogens (primary N) is 1. The van der Waals surface area contributed by atoms with Crippen LogP contribution < -0.4 is 5.73 Å². The molecule has 144 valence electrons. The van der Waals surface area contributed by atoms with Crippen molar-refractivity contribution >= 4 is 11.7 Å². The normalized spacial score (nSPS) is 14.9. The van der Waals surface area contributed by atoms with Gasteiger partial charge < -0.3 is 10.6 Å². The van der Waals surface area contributed by atoms with Gasteiger partial charge in [0.15, 0.2) is 5.78 Å². The van der Waals surface area contributed by atoms with Gasteiger partial charge in [0.25, 0.3) is 0 Å². The molecule has 0 aliphatic carbocycles. The molecule has 2 N–H and O–H groups in total. The summed E-state index contributed by atoms with van der Waals surface area (Å²) < 4.78 is 0. The lowest BCUT2D eigenvalue weighted by molar-refractivity contribution is -0.118. The van der Waals surface area contributed by atoms with Crippen LogP contribution in [0.2, 0.25) is 0 Å². The van der Waals surface area contributed by atoms with Gasteiger partial charge in [0.05, 0.1) is 0 Å². The summed E-state index contributed by atoms with van der Waals surface area (Å²) in [6.07, 6.45) is 8.26. The zero-order valence-corrected chi connectivity index (χ0v) is 16.4. The van der Waals surface area contributed by atoms with Crippen molar-refractivity contribution in [3.8, 4) is 0 Å². The van der Waals surface area contributed by atoms with Crippen LogP contribution in [0.1, 0.15) is 73.9 Å². The Hall–Kier alpha value is -1.68. The van der Waals surface area contributed by atoms with Crippen LogP contribution in [0.15, 0.2) is 18.2 Å². The highest BCUT2D eigenvalue weighted by atomic mass is 16.1. The zero-order valence-electron chi connectivity index (χ0n) is 16.4. The smallest absolute Gasteiger partial charge is 0.217 e. The second-order valence-corrected chi connectivity index (χ2v) is 7.83. The van der Waals surface area contributed by atoms with Gasteiger partial charge in [0.1, 0.15) is 0 Å². The number of benzene rings is 1. The summed E-state index contributed by atoms with van der Waals surface area (Å²) in [6, 6.07) is 6.29. The van der Waals surface area contributed by atoms with E-state index in [9.17, 15) is 9.59 Å². The van der Waals surface area contributed by atoms with Crippen molar-refractivity contribution in [1.82, 2.24) is 4.90 Å². The van der Waals surface area contributed by atoms with E-state index in [0.717, 1.165) is 50.9 Å². The molecule has 2 rings (SSSR count). The summed E-state index contributed by atoms with van der Waals surface area (Å²) in [7, 11) is 0. The minimum atomic E-state index is -0.188. The molecule has 0 bridgehead atoms. The number of fused-ring (bicyclic) bond motifs is 1. The molecule has 26 heavy (non-hydrogen) atoms. The second-order valence-electron chi connectivity index (χ2n) is 7.83. The third-order valence-electron chi connectivity index (χ3n) is 5.31. The van der Waals surface area contributed by atoms with Crippen LogP contribution in [0, 0.1) is 5.92 Å². The van der Waals surface area contributed by atoms with E-state index in [-0.39, 0.29) is 17.6 Å². The molecule has 1 aromatic rings. The first-order valence-electron chi connectivity index (χ1n) is 10.1. The molecule has 0 fully saturated rings. The third-order valence-corrected chi connectivity index (χ3v) is 5.31. The molecule has 0 spiro atoms. The lowest BCUT2D eigenvalue weighted by atomic mass is 9.95. The van der Waals surface area contributed by atoms with Crippen LogP contribution in [0.4, 0.5) is 0 Å². The van der Waals surface area contributed by atoms with E-state index in [0.29, 0.717) is 6.42 Å². The lowest BCUT2D eigenvalue weighted by Crippen LogP contribution is -2.27. The van der Waals surface area contributed by atoms with Crippen LogP contribution in [0.3, 0.4) is 0 Å². The van der Waals surface area contributed by atoms with E-state index in [1.807, 2.05) is 19.9 Å². The molecule has 4 heteroatoms. The average molecular weight is 359 g/mol. The van der Waals surface area contributed by atoms with Gasteiger partial charge in [0.2, 0.25) is 5.91 Å². The molecular weight excluding hydrogens is 324 g/mol. The fourth-order valence-electron chi connectivity index (χ4n) is 3.65. The van der Waals surface area contributed by atoms with Crippen molar-refractivity contribution in [1.29, 1.82) is 0 Å². The summed E-state index contributed by atoms with van der Waals surface area (Å²) >= 11 is 0. The fraction of sp³-hybridized carbons (Fsp3) is 0.636. The number of amides is 1. The number of carbonyl (C=O) groups is 2. The van der Waals surface area contributed by atoms with Gasteiger partial charge in [-0.25, -0.2) is 0 Å². The van der Waals surface area contributed by atoms with Gasteiger partial charge in [-0.05, 0) is 49.4 Å². The molecule has 0 radical (unpaired) electrons. The van der Waals surface area contributed by atoms with Gasteiger partial charge >= 0.3 is 0 Å². The quantitative estimate of drug-likeness (QED) is 0.512. The Kier molecular flexibility index (Phi) is 8.30. The molecule has 1 heterocycles. The van der Waals surface area contributed by atoms with Crippen molar-refractivity contribution in [2.24, 2.45) is 11.7 Å². The molecule has 0 unspecified atom stereocenters. The van der Waals surface area contributed by atoms with E-state index >= 15 is 0 Å². The average Bonchev–Trinajstić information content (AvgIpc) is 2.81. The SMILES string of the molecule is CC(C)C(=O)c1ccc2c(c1)CCN(CCCCCCCC(N)=O)CC2. The molecule has 4 nitrogen and oxygen atoms in total. The number of unbranched alkanes of at least 4 members (excludes halogenated alkanes) is 4. The zero-order chi connectivity index (χ0) is 18.9. The monoisotopic (exact) mass is 358 g/mol. The van der Waals surface area contributed by atoms with Crippen LogP contribution >= 0.6 is 0 Å². The molecular formula is C22H34N2O2. The number of rotatable bonds is 10. The summed E-state index contributed by atoms with van der Waals surface area (Å²) in [5, 5.41) is 0. The van der Waals surface area contributed by atoms with Gasteiger partial charge in [-0.3, -0.25) is 9.59 Å². The van der Waals surface area contributed by atoms with E-state index in [2.05, 4.69) is 17.0 Å². The molecule has 0 atom stereocenters.